The van der Waals surface area contributed by atoms with Crippen molar-refractivity contribution < 1.29 is 63.0 Å². The predicted molar refractivity (Wildman–Crippen MR) is 29.1 cm³/mol. The monoisotopic (exact) mass is 144 g/mol. The zero-order valence-corrected chi connectivity index (χ0v) is 8.88. The molecule has 0 aliphatic carbocycles. The summed E-state index contributed by atoms with van der Waals surface area (Å²) in [6, 6.07) is 0. The Hall–Kier alpha value is 1.56. The molecule has 0 aromatic carbocycles. The van der Waals surface area contributed by atoms with Crippen molar-refractivity contribution in [1.82, 2.24) is 0 Å². The summed E-state index contributed by atoms with van der Waals surface area (Å²) in [6.07, 6.45) is -0.278. The minimum atomic E-state index is -0.375. The molecule has 0 aliphatic heterocycles. The van der Waals surface area contributed by atoms with Gasteiger partial charge in [-0.1, -0.05) is 0 Å². The van der Waals surface area contributed by atoms with E-state index in [1.54, 1.807) is 13.8 Å². The second kappa shape index (κ2) is 6.67. The first kappa shape index (κ1) is 12.3. The third-order valence-electron chi connectivity index (χ3n) is 0.682. The summed E-state index contributed by atoms with van der Waals surface area (Å²) >= 11 is 0. The van der Waals surface area contributed by atoms with E-state index in [2.05, 4.69) is 0 Å². The van der Waals surface area contributed by atoms with E-state index < -0.39 is 0 Å². The molecule has 2 N–H and O–H groups in total. The Kier molecular flexibility index (Phi) is 10.2. The van der Waals surface area contributed by atoms with Gasteiger partial charge in [0.05, 0.1) is 12.2 Å². The van der Waals surface area contributed by atoms with Gasteiger partial charge in [-0.15, -0.1) is 0 Å². The van der Waals surface area contributed by atoms with Crippen LogP contribution in [0.4, 0.5) is 0 Å². The number of hydrogen-bond donors (Lipinski definition) is 2. The fraction of sp³-hybridized carbons (Fsp3) is 1.00. The van der Waals surface area contributed by atoms with E-state index in [1.807, 2.05) is 0 Å². The summed E-state index contributed by atoms with van der Waals surface area (Å²) in [4.78, 5) is 0. The minimum absolute atomic E-state index is 0. The van der Waals surface area contributed by atoms with Gasteiger partial charge in [-0.3, -0.25) is 0 Å². The summed E-state index contributed by atoms with van der Waals surface area (Å²) in [5, 5.41) is 17.1. The first-order valence-electron chi connectivity index (χ1n) is 2.49. The fourth-order valence-corrected chi connectivity index (χ4v) is 0.494. The maximum absolute atomic E-state index is 8.56. The SMILES string of the molecule is CC(O)CC(C)O.[H-].[K+]. The van der Waals surface area contributed by atoms with Crippen molar-refractivity contribution in [3.8, 4) is 0 Å². The fourth-order valence-electron chi connectivity index (χ4n) is 0.494. The van der Waals surface area contributed by atoms with Crippen LogP contribution in [-0.4, -0.2) is 22.4 Å². The predicted octanol–water partition coefficient (Wildman–Crippen LogP) is -2.75. The molecule has 0 rings (SSSR count). The molecule has 2 unspecified atom stereocenters. The van der Waals surface area contributed by atoms with Crippen LogP contribution in [0.1, 0.15) is 21.7 Å². The van der Waals surface area contributed by atoms with E-state index in [1.165, 1.54) is 0 Å². The number of hydrogen-bond acceptors (Lipinski definition) is 2. The Bertz CT molecular complexity index is 44.2. The van der Waals surface area contributed by atoms with E-state index in [-0.39, 0.29) is 65.0 Å². The van der Waals surface area contributed by atoms with Gasteiger partial charge in [0, 0.05) is 0 Å². The summed E-state index contributed by atoms with van der Waals surface area (Å²) in [5.74, 6) is 0. The van der Waals surface area contributed by atoms with Gasteiger partial charge in [0.15, 0.2) is 0 Å². The minimum Gasteiger partial charge on any atom is -1.00 e. The number of aliphatic hydroxyl groups excluding tert-OH is 2. The van der Waals surface area contributed by atoms with Gasteiger partial charge in [0.25, 0.3) is 0 Å². The largest absolute Gasteiger partial charge is 1.00 e. The molecule has 3 heteroatoms. The molecule has 0 saturated heterocycles. The van der Waals surface area contributed by atoms with E-state index in [9.17, 15) is 0 Å². The molecule has 46 valence electrons. The van der Waals surface area contributed by atoms with Crippen LogP contribution in [0.15, 0.2) is 0 Å². The first-order valence-corrected chi connectivity index (χ1v) is 2.49. The molecule has 0 aromatic heterocycles. The molecular weight excluding hydrogens is 131 g/mol. The second-order valence-electron chi connectivity index (χ2n) is 1.93. The van der Waals surface area contributed by atoms with Crippen molar-refractivity contribution in [2.24, 2.45) is 0 Å². The van der Waals surface area contributed by atoms with Crippen LogP contribution < -0.4 is 51.4 Å². The zero-order valence-electron chi connectivity index (χ0n) is 6.76. The van der Waals surface area contributed by atoms with Crippen LogP contribution in [-0.2, 0) is 0 Å². The molecule has 0 aromatic rings. The Labute approximate surface area is 94.2 Å². The first-order chi connectivity index (χ1) is 3.13. The number of aliphatic hydroxyl groups is 2. The van der Waals surface area contributed by atoms with Gasteiger partial charge in [-0.25, -0.2) is 0 Å². The smallest absolute Gasteiger partial charge is 1.00 e. The van der Waals surface area contributed by atoms with E-state index in [0.29, 0.717) is 6.42 Å². The zero-order chi connectivity index (χ0) is 5.86. The van der Waals surface area contributed by atoms with Crippen LogP contribution in [0, 0.1) is 0 Å². The summed E-state index contributed by atoms with van der Waals surface area (Å²) in [7, 11) is 0. The summed E-state index contributed by atoms with van der Waals surface area (Å²) < 4.78 is 0. The molecule has 0 amide bonds. The molecule has 0 heterocycles. The van der Waals surface area contributed by atoms with E-state index in [0.717, 1.165) is 0 Å². The summed E-state index contributed by atoms with van der Waals surface area (Å²) in [5.41, 5.74) is 0. The molecule has 2 atom stereocenters. The molecule has 2 nitrogen and oxygen atoms in total. The van der Waals surface area contributed by atoms with Gasteiger partial charge in [0.2, 0.25) is 0 Å². The third kappa shape index (κ3) is 10.5. The van der Waals surface area contributed by atoms with Crippen molar-refractivity contribution in [3.63, 3.8) is 0 Å². The Morgan fingerprint density at radius 2 is 1.50 bits per heavy atom. The molecule has 0 spiro atoms. The molecule has 0 fully saturated rings. The van der Waals surface area contributed by atoms with E-state index in [4.69, 9.17) is 10.2 Å². The van der Waals surface area contributed by atoms with Crippen LogP contribution in [0.2, 0.25) is 0 Å². The van der Waals surface area contributed by atoms with Gasteiger partial charge in [0.1, 0.15) is 0 Å². The standard InChI is InChI=1S/C5H12O2.K.H/c1-4(6)3-5(2)7;;/h4-7H,3H2,1-2H3;;/q;+1;-1. The van der Waals surface area contributed by atoms with Gasteiger partial charge >= 0.3 is 51.4 Å². The normalized spacial score (nSPS) is 16.5. The Morgan fingerprint density at radius 1 is 1.25 bits per heavy atom. The molecular formula is C5H13KO2. The maximum Gasteiger partial charge on any atom is 1.00 e. The number of rotatable bonds is 2. The summed E-state index contributed by atoms with van der Waals surface area (Å²) in [6.45, 7) is 3.32. The second-order valence-corrected chi connectivity index (χ2v) is 1.93. The van der Waals surface area contributed by atoms with Crippen LogP contribution in [0.25, 0.3) is 0 Å². The average molecular weight is 144 g/mol. The van der Waals surface area contributed by atoms with Crippen LogP contribution in [0.3, 0.4) is 0 Å². The quantitative estimate of drug-likeness (QED) is 0.413. The van der Waals surface area contributed by atoms with Crippen molar-refractivity contribution in [1.29, 1.82) is 0 Å². The van der Waals surface area contributed by atoms with Gasteiger partial charge < -0.3 is 11.6 Å². The van der Waals surface area contributed by atoms with Crippen molar-refractivity contribution in [2.75, 3.05) is 0 Å². The topological polar surface area (TPSA) is 40.5 Å². The average Bonchev–Trinajstić information content (AvgIpc) is 1.27. The van der Waals surface area contributed by atoms with Crippen LogP contribution >= 0.6 is 0 Å². The molecule has 0 aliphatic rings. The Morgan fingerprint density at radius 3 is 1.50 bits per heavy atom. The molecule has 8 heavy (non-hydrogen) atoms. The molecule has 0 saturated carbocycles. The van der Waals surface area contributed by atoms with Crippen molar-refractivity contribution >= 4 is 0 Å². The van der Waals surface area contributed by atoms with Gasteiger partial charge in [-0.2, -0.15) is 0 Å². The molecule has 0 radical (unpaired) electrons. The Balaban J connectivity index is -0.000000180. The van der Waals surface area contributed by atoms with Crippen molar-refractivity contribution in [2.45, 2.75) is 32.5 Å². The third-order valence-corrected chi connectivity index (χ3v) is 0.682. The van der Waals surface area contributed by atoms with Gasteiger partial charge in [-0.05, 0) is 20.3 Å². The van der Waals surface area contributed by atoms with Crippen LogP contribution in [0.5, 0.6) is 0 Å². The molecule has 0 bridgehead atoms. The van der Waals surface area contributed by atoms with E-state index >= 15 is 0 Å². The van der Waals surface area contributed by atoms with Crippen molar-refractivity contribution in [3.05, 3.63) is 0 Å². The maximum atomic E-state index is 8.56.